The lowest BCUT2D eigenvalue weighted by molar-refractivity contribution is 0.108. The highest BCUT2D eigenvalue weighted by Gasteiger charge is 2.19. The molecule has 0 aliphatic carbocycles. The topological polar surface area (TPSA) is 77.1 Å². The van der Waals surface area contributed by atoms with E-state index >= 15 is 0 Å². The van der Waals surface area contributed by atoms with Crippen LogP contribution in [-0.2, 0) is 6.54 Å². The Morgan fingerprint density at radius 2 is 1.59 bits per heavy atom. The Kier molecular flexibility index (Phi) is 7.36. The van der Waals surface area contributed by atoms with Crippen molar-refractivity contribution < 1.29 is 23.8 Å². The van der Waals surface area contributed by atoms with Gasteiger partial charge in [-0.25, -0.2) is 4.79 Å². The van der Waals surface area contributed by atoms with Gasteiger partial charge in [0.1, 0.15) is 0 Å². The number of urea groups is 1. The fourth-order valence-corrected chi connectivity index (χ4v) is 2.93. The zero-order valence-electron chi connectivity index (χ0n) is 15.6. The highest BCUT2D eigenvalue weighted by molar-refractivity contribution is 8.12. The molecule has 7 nitrogen and oxygen atoms in total. The molecule has 1 N–H and O–H groups in total. The van der Waals surface area contributed by atoms with E-state index in [1.807, 2.05) is 30.3 Å². The van der Waals surface area contributed by atoms with Gasteiger partial charge in [-0.15, -0.1) is 0 Å². The van der Waals surface area contributed by atoms with Crippen molar-refractivity contribution in [3.8, 4) is 17.2 Å². The van der Waals surface area contributed by atoms with Gasteiger partial charge >= 0.3 is 6.03 Å². The normalized spacial score (nSPS) is 10.1. The van der Waals surface area contributed by atoms with Crippen LogP contribution in [0.1, 0.15) is 15.9 Å². The van der Waals surface area contributed by atoms with E-state index in [9.17, 15) is 9.59 Å². The van der Waals surface area contributed by atoms with Gasteiger partial charge in [0.25, 0.3) is 0 Å². The van der Waals surface area contributed by atoms with Crippen LogP contribution < -0.4 is 18.9 Å². The summed E-state index contributed by atoms with van der Waals surface area (Å²) in [7, 11) is 6.09. The molecule has 8 heteroatoms. The van der Waals surface area contributed by atoms with Crippen LogP contribution in [0.15, 0.2) is 42.5 Å². The second-order valence-corrected chi connectivity index (χ2v) is 6.33. The molecule has 0 aliphatic rings. The van der Waals surface area contributed by atoms with Crippen LogP contribution in [-0.4, -0.2) is 44.4 Å². The fourth-order valence-electron chi connectivity index (χ4n) is 2.35. The summed E-state index contributed by atoms with van der Waals surface area (Å²) in [6, 6.07) is 12.3. The number of rotatable bonds is 6. The third-order valence-corrected chi connectivity index (χ3v) is 4.44. The van der Waals surface area contributed by atoms with Crippen molar-refractivity contribution in [2.45, 2.75) is 6.54 Å². The van der Waals surface area contributed by atoms with Crippen LogP contribution in [0.2, 0.25) is 0 Å². The van der Waals surface area contributed by atoms with Crippen LogP contribution in [0, 0.1) is 0 Å². The van der Waals surface area contributed by atoms with E-state index in [4.69, 9.17) is 14.2 Å². The molecule has 2 aromatic carbocycles. The molecule has 0 bridgehead atoms. The summed E-state index contributed by atoms with van der Waals surface area (Å²) in [4.78, 5) is 26.1. The second-order valence-electron chi connectivity index (χ2n) is 5.55. The first kappa shape index (κ1) is 20.4. The van der Waals surface area contributed by atoms with E-state index in [-0.39, 0.29) is 11.1 Å². The summed E-state index contributed by atoms with van der Waals surface area (Å²) < 4.78 is 18.3. The van der Waals surface area contributed by atoms with Crippen molar-refractivity contribution in [2.24, 2.45) is 0 Å². The number of hydrogen-bond donors (Lipinski definition) is 1. The number of nitrogens with zero attached hydrogens (tertiary/aromatic N) is 1. The minimum absolute atomic E-state index is 0.320. The molecule has 0 radical (unpaired) electrons. The summed E-state index contributed by atoms with van der Waals surface area (Å²) in [5.74, 6) is 1.13. The number of carbonyl (C=O) groups is 2. The monoisotopic (exact) mass is 390 g/mol. The van der Waals surface area contributed by atoms with E-state index in [2.05, 4.69) is 4.72 Å². The van der Waals surface area contributed by atoms with Crippen LogP contribution in [0.3, 0.4) is 0 Å². The largest absolute Gasteiger partial charge is 0.493 e. The fraction of sp³-hybridized carbons (Fsp3) is 0.263. The van der Waals surface area contributed by atoms with E-state index in [0.717, 1.165) is 5.56 Å². The minimum Gasteiger partial charge on any atom is -0.493 e. The molecule has 0 saturated carbocycles. The van der Waals surface area contributed by atoms with Crippen molar-refractivity contribution in [2.75, 3.05) is 28.4 Å². The van der Waals surface area contributed by atoms with Crippen molar-refractivity contribution in [1.82, 2.24) is 9.62 Å². The van der Waals surface area contributed by atoms with Crippen LogP contribution in [0.4, 0.5) is 4.79 Å². The predicted octanol–water partition coefficient (Wildman–Crippen LogP) is 3.34. The molecule has 0 unspecified atom stereocenters. The molecule has 0 aliphatic heterocycles. The van der Waals surface area contributed by atoms with E-state index in [1.54, 1.807) is 7.05 Å². The summed E-state index contributed by atoms with van der Waals surface area (Å²) in [6.07, 6.45) is 0. The molecule has 0 saturated heterocycles. The molecule has 0 aromatic heterocycles. The Hall–Kier alpha value is -2.87. The average molecular weight is 390 g/mol. The maximum Gasteiger partial charge on any atom is 0.327 e. The molecule has 2 amide bonds. The van der Waals surface area contributed by atoms with E-state index in [0.29, 0.717) is 41.3 Å². The predicted molar refractivity (Wildman–Crippen MR) is 104 cm³/mol. The first-order valence-electron chi connectivity index (χ1n) is 8.06. The number of methoxy groups -OCH3 is 3. The maximum absolute atomic E-state index is 12.4. The summed E-state index contributed by atoms with van der Waals surface area (Å²) in [5.41, 5.74) is 1.32. The van der Waals surface area contributed by atoms with Gasteiger partial charge in [-0.2, -0.15) is 0 Å². The lowest BCUT2D eigenvalue weighted by Gasteiger charge is -2.17. The molecule has 0 spiro atoms. The minimum atomic E-state index is -0.371. The van der Waals surface area contributed by atoms with E-state index in [1.165, 1.54) is 38.4 Å². The third kappa shape index (κ3) is 5.30. The molecule has 27 heavy (non-hydrogen) atoms. The molecule has 0 heterocycles. The van der Waals surface area contributed by atoms with Crippen molar-refractivity contribution >= 4 is 23.1 Å². The Balaban J connectivity index is 2.01. The first-order valence-corrected chi connectivity index (χ1v) is 8.88. The molecule has 0 fully saturated rings. The Labute approximate surface area is 162 Å². The van der Waals surface area contributed by atoms with Crippen molar-refractivity contribution in [1.29, 1.82) is 0 Å². The lowest BCUT2D eigenvalue weighted by Crippen LogP contribution is -2.33. The van der Waals surface area contributed by atoms with Gasteiger partial charge < -0.3 is 19.1 Å². The van der Waals surface area contributed by atoms with Crippen LogP contribution >= 0.6 is 11.9 Å². The maximum atomic E-state index is 12.4. The second kappa shape index (κ2) is 9.72. The zero-order chi connectivity index (χ0) is 19.8. The van der Waals surface area contributed by atoms with Gasteiger partial charge in [-0.05, 0) is 17.7 Å². The highest BCUT2D eigenvalue weighted by atomic mass is 32.2. The van der Waals surface area contributed by atoms with Gasteiger partial charge in [-0.3, -0.25) is 9.52 Å². The third-order valence-electron chi connectivity index (χ3n) is 3.74. The lowest BCUT2D eigenvalue weighted by atomic mass is 10.2. The Morgan fingerprint density at radius 1 is 1.00 bits per heavy atom. The van der Waals surface area contributed by atoms with Crippen LogP contribution in [0.5, 0.6) is 17.2 Å². The standard InChI is InChI=1S/C19H22N2O5S/c1-21(12-13-8-6-5-7-9-13)19(23)20-27-18(22)14-10-15(24-2)17(26-4)16(11-14)25-3/h5-11H,12H2,1-4H3,(H,20,23). The average Bonchev–Trinajstić information content (AvgIpc) is 2.71. The first-order chi connectivity index (χ1) is 13.0. The number of benzene rings is 2. The molecular formula is C19H22N2O5S. The SMILES string of the molecule is COc1cc(C(=O)SNC(=O)N(C)Cc2ccccc2)cc(OC)c1OC. The summed E-state index contributed by atoms with van der Waals surface area (Å²) in [5, 5.41) is -0.351. The Morgan fingerprint density at radius 3 is 2.11 bits per heavy atom. The molecule has 144 valence electrons. The van der Waals surface area contributed by atoms with Crippen molar-refractivity contribution in [3.63, 3.8) is 0 Å². The number of ether oxygens (including phenoxy) is 3. The number of carbonyl (C=O) groups excluding carboxylic acids is 2. The molecular weight excluding hydrogens is 368 g/mol. The number of hydrogen-bond acceptors (Lipinski definition) is 6. The number of nitrogens with one attached hydrogen (secondary N) is 1. The van der Waals surface area contributed by atoms with E-state index < -0.39 is 0 Å². The van der Waals surface area contributed by atoms with Crippen molar-refractivity contribution in [3.05, 3.63) is 53.6 Å². The number of amides is 2. The Bertz CT molecular complexity index is 773. The zero-order valence-corrected chi connectivity index (χ0v) is 16.5. The summed E-state index contributed by atoms with van der Waals surface area (Å²) >= 11 is 0.696. The highest BCUT2D eigenvalue weighted by Crippen LogP contribution is 2.38. The molecule has 2 aromatic rings. The van der Waals surface area contributed by atoms with Gasteiger partial charge in [0.05, 0.1) is 21.3 Å². The smallest absolute Gasteiger partial charge is 0.327 e. The van der Waals surface area contributed by atoms with Gasteiger partial charge in [-0.1, -0.05) is 30.3 Å². The van der Waals surface area contributed by atoms with Gasteiger partial charge in [0.15, 0.2) is 11.5 Å². The molecule has 0 atom stereocenters. The van der Waals surface area contributed by atoms with Gasteiger partial charge in [0, 0.05) is 31.1 Å². The molecule has 2 rings (SSSR count). The van der Waals surface area contributed by atoms with Gasteiger partial charge in [0.2, 0.25) is 10.9 Å². The quantitative estimate of drug-likeness (QED) is 0.763. The van der Waals surface area contributed by atoms with Crippen LogP contribution in [0.25, 0.3) is 0 Å². The summed E-state index contributed by atoms with van der Waals surface area (Å²) in [6.45, 7) is 0.436.